The Morgan fingerprint density at radius 1 is 1.10 bits per heavy atom. The second-order valence-electron chi connectivity index (χ2n) is 8.17. The van der Waals surface area contributed by atoms with Crippen LogP contribution in [0.1, 0.15) is 46.3 Å². The second-order valence-corrected chi connectivity index (χ2v) is 8.17. The van der Waals surface area contributed by atoms with Gasteiger partial charge in [0.05, 0.1) is 12.3 Å². The minimum absolute atomic E-state index is 0.0271. The van der Waals surface area contributed by atoms with E-state index in [0.29, 0.717) is 6.54 Å². The van der Waals surface area contributed by atoms with Crippen molar-refractivity contribution < 1.29 is 14.0 Å². The number of amides is 2. The molecule has 1 aromatic carbocycles. The van der Waals surface area contributed by atoms with Crippen LogP contribution in [0, 0.1) is 6.92 Å². The highest BCUT2D eigenvalue weighted by Gasteiger charge is 2.38. The highest BCUT2D eigenvalue weighted by atomic mass is 16.3. The SMILES string of the molecule is Cc1cccc([C@@H]2c3cccn3CCN2C(=O)CN(C(=O)c2ccco2)C2CC2)c1. The summed E-state index contributed by atoms with van der Waals surface area (Å²) in [6, 6.07) is 15.8. The number of fused-ring (bicyclic) bond motifs is 1. The number of furan rings is 1. The summed E-state index contributed by atoms with van der Waals surface area (Å²) in [5.74, 6) is 0.0570. The number of benzene rings is 1. The largest absolute Gasteiger partial charge is 0.459 e. The lowest BCUT2D eigenvalue weighted by molar-refractivity contribution is -0.134. The summed E-state index contributed by atoms with van der Waals surface area (Å²) in [4.78, 5) is 30.0. The van der Waals surface area contributed by atoms with Crippen LogP contribution in [-0.2, 0) is 11.3 Å². The highest BCUT2D eigenvalue weighted by molar-refractivity contribution is 5.94. The quantitative estimate of drug-likeness (QED) is 0.654. The average Bonchev–Trinajstić information content (AvgIpc) is 3.24. The van der Waals surface area contributed by atoms with Gasteiger partial charge in [-0.05, 0) is 49.6 Å². The lowest BCUT2D eigenvalue weighted by Crippen LogP contribution is -2.48. The summed E-state index contributed by atoms with van der Waals surface area (Å²) in [5.41, 5.74) is 3.37. The van der Waals surface area contributed by atoms with Crippen LogP contribution in [0.15, 0.2) is 65.4 Å². The zero-order valence-corrected chi connectivity index (χ0v) is 17.0. The molecule has 0 N–H and O–H groups in total. The Bertz CT molecular complexity index is 1070. The Morgan fingerprint density at radius 3 is 2.70 bits per heavy atom. The molecule has 3 aromatic rings. The summed E-state index contributed by atoms with van der Waals surface area (Å²) in [7, 11) is 0. The van der Waals surface area contributed by atoms with Crippen LogP contribution >= 0.6 is 0 Å². The normalized spacial score (nSPS) is 18.2. The Kier molecular flexibility index (Phi) is 4.69. The monoisotopic (exact) mass is 403 g/mol. The molecule has 6 nitrogen and oxygen atoms in total. The van der Waals surface area contributed by atoms with E-state index in [9.17, 15) is 9.59 Å². The van der Waals surface area contributed by atoms with Crippen LogP contribution in [-0.4, -0.2) is 45.3 Å². The number of carbonyl (C=O) groups excluding carboxylic acids is 2. The molecule has 0 unspecified atom stereocenters. The van der Waals surface area contributed by atoms with Gasteiger partial charge >= 0.3 is 0 Å². The van der Waals surface area contributed by atoms with Crippen molar-refractivity contribution >= 4 is 11.8 Å². The first-order chi connectivity index (χ1) is 14.6. The lowest BCUT2D eigenvalue weighted by Gasteiger charge is -2.38. The third-order valence-electron chi connectivity index (χ3n) is 6.00. The van der Waals surface area contributed by atoms with Crippen molar-refractivity contribution in [2.45, 2.75) is 38.4 Å². The first-order valence-corrected chi connectivity index (χ1v) is 10.5. The molecule has 2 aliphatic rings. The van der Waals surface area contributed by atoms with Gasteiger partial charge in [-0.1, -0.05) is 29.8 Å². The summed E-state index contributed by atoms with van der Waals surface area (Å²) in [5, 5.41) is 0. The number of aryl methyl sites for hydroxylation is 1. The van der Waals surface area contributed by atoms with Crippen LogP contribution in [0.2, 0.25) is 0 Å². The van der Waals surface area contributed by atoms with Crippen LogP contribution in [0.25, 0.3) is 0 Å². The number of rotatable bonds is 5. The molecule has 1 atom stereocenters. The predicted octanol–water partition coefficient (Wildman–Crippen LogP) is 3.63. The van der Waals surface area contributed by atoms with Crippen molar-refractivity contribution in [2.75, 3.05) is 13.1 Å². The number of nitrogens with zero attached hydrogens (tertiary/aromatic N) is 3. The lowest BCUT2D eigenvalue weighted by atomic mass is 9.98. The van der Waals surface area contributed by atoms with Gasteiger partial charge in [0.2, 0.25) is 5.91 Å². The maximum absolute atomic E-state index is 13.5. The molecule has 2 amide bonds. The predicted molar refractivity (Wildman–Crippen MR) is 112 cm³/mol. The molecule has 0 saturated heterocycles. The van der Waals surface area contributed by atoms with Gasteiger partial charge in [-0.3, -0.25) is 9.59 Å². The molecule has 6 heteroatoms. The number of hydrogen-bond acceptors (Lipinski definition) is 3. The second kappa shape index (κ2) is 7.52. The molecule has 154 valence electrons. The van der Waals surface area contributed by atoms with Crippen molar-refractivity contribution in [3.8, 4) is 0 Å². The van der Waals surface area contributed by atoms with Crippen LogP contribution in [0.3, 0.4) is 0 Å². The molecule has 0 bridgehead atoms. The maximum Gasteiger partial charge on any atom is 0.290 e. The molecule has 1 fully saturated rings. The topological polar surface area (TPSA) is 58.7 Å². The van der Waals surface area contributed by atoms with E-state index in [1.807, 2.05) is 17.0 Å². The minimum Gasteiger partial charge on any atom is -0.459 e. The Hall–Kier alpha value is -3.28. The third kappa shape index (κ3) is 3.43. The molecule has 5 rings (SSSR count). The van der Waals surface area contributed by atoms with Crippen molar-refractivity contribution in [1.29, 1.82) is 0 Å². The van der Waals surface area contributed by atoms with Gasteiger partial charge in [-0.15, -0.1) is 0 Å². The third-order valence-corrected chi connectivity index (χ3v) is 6.00. The van der Waals surface area contributed by atoms with Crippen molar-refractivity contribution in [3.05, 3.63) is 83.6 Å². The van der Waals surface area contributed by atoms with Crippen LogP contribution < -0.4 is 0 Å². The fourth-order valence-electron chi connectivity index (χ4n) is 4.37. The molecular weight excluding hydrogens is 378 g/mol. The number of carbonyl (C=O) groups is 2. The van der Waals surface area contributed by atoms with Gasteiger partial charge in [0.25, 0.3) is 5.91 Å². The average molecular weight is 403 g/mol. The zero-order valence-electron chi connectivity index (χ0n) is 17.0. The number of aromatic nitrogens is 1. The smallest absolute Gasteiger partial charge is 0.290 e. The highest BCUT2D eigenvalue weighted by Crippen LogP contribution is 2.34. The zero-order chi connectivity index (χ0) is 20.7. The molecule has 1 aliphatic heterocycles. The Morgan fingerprint density at radius 2 is 1.97 bits per heavy atom. The van der Waals surface area contributed by atoms with Crippen molar-refractivity contribution in [3.63, 3.8) is 0 Å². The van der Waals surface area contributed by atoms with E-state index in [1.54, 1.807) is 17.0 Å². The summed E-state index contributed by atoms with van der Waals surface area (Å²) < 4.78 is 7.51. The van der Waals surface area contributed by atoms with E-state index in [2.05, 4.69) is 42.0 Å². The van der Waals surface area contributed by atoms with Crippen LogP contribution in [0.4, 0.5) is 0 Å². The first kappa shape index (κ1) is 18.7. The molecule has 30 heavy (non-hydrogen) atoms. The van der Waals surface area contributed by atoms with E-state index in [-0.39, 0.29) is 36.2 Å². The summed E-state index contributed by atoms with van der Waals surface area (Å²) in [6.45, 7) is 3.51. The van der Waals surface area contributed by atoms with Gasteiger partial charge in [0.1, 0.15) is 6.54 Å². The van der Waals surface area contributed by atoms with Gasteiger partial charge in [-0.25, -0.2) is 0 Å². The molecule has 1 saturated carbocycles. The molecular formula is C24H25N3O3. The molecule has 3 heterocycles. The van der Waals surface area contributed by atoms with Crippen LogP contribution in [0.5, 0.6) is 0 Å². The Labute approximate surface area is 175 Å². The molecule has 2 aromatic heterocycles. The van der Waals surface area contributed by atoms with E-state index in [1.165, 1.54) is 6.26 Å². The maximum atomic E-state index is 13.5. The fraction of sp³-hybridized carbons (Fsp3) is 0.333. The van der Waals surface area contributed by atoms with Gasteiger partial charge in [0, 0.05) is 31.0 Å². The fourth-order valence-corrected chi connectivity index (χ4v) is 4.37. The molecule has 1 aliphatic carbocycles. The van der Waals surface area contributed by atoms with Crippen molar-refractivity contribution in [1.82, 2.24) is 14.4 Å². The molecule has 0 radical (unpaired) electrons. The molecule has 0 spiro atoms. The first-order valence-electron chi connectivity index (χ1n) is 10.5. The van der Waals surface area contributed by atoms with E-state index in [4.69, 9.17) is 4.42 Å². The van der Waals surface area contributed by atoms with Crippen molar-refractivity contribution in [2.24, 2.45) is 0 Å². The number of hydrogen-bond donors (Lipinski definition) is 0. The van der Waals surface area contributed by atoms with Gasteiger partial charge in [-0.2, -0.15) is 0 Å². The van der Waals surface area contributed by atoms with E-state index in [0.717, 1.165) is 36.2 Å². The van der Waals surface area contributed by atoms with E-state index >= 15 is 0 Å². The van der Waals surface area contributed by atoms with Gasteiger partial charge < -0.3 is 18.8 Å². The summed E-state index contributed by atoms with van der Waals surface area (Å²) >= 11 is 0. The Balaban J connectivity index is 1.44. The van der Waals surface area contributed by atoms with E-state index < -0.39 is 0 Å². The standard InChI is InChI=1S/C24H25N3O3/c1-17-5-2-6-18(15-17)23-20-7-3-11-25(20)12-13-26(23)22(28)16-27(19-9-10-19)24(29)21-8-4-14-30-21/h2-8,11,14-15,19,23H,9-10,12-13,16H2,1H3/t23-/m1/s1. The minimum atomic E-state index is -0.205. The van der Waals surface area contributed by atoms with Gasteiger partial charge in [0.15, 0.2) is 5.76 Å². The summed E-state index contributed by atoms with van der Waals surface area (Å²) in [6.07, 6.45) is 5.43.